The molecule has 0 amide bonds. The van der Waals surface area contributed by atoms with Gasteiger partial charge in [-0.25, -0.2) is 4.79 Å². The van der Waals surface area contributed by atoms with E-state index in [2.05, 4.69) is 6.58 Å². The predicted molar refractivity (Wildman–Crippen MR) is 163 cm³/mol. The maximum Gasteiger partial charge on any atom is 0.330 e. The fraction of sp³-hybridized carbons (Fsp3) is 0.788. The third-order valence-corrected chi connectivity index (χ3v) is 8.53. The van der Waals surface area contributed by atoms with Crippen molar-refractivity contribution >= 4 is 17.9 Å². The second-order valence-corrected chi connectivity index (χ2v) is 13.3. The van der Waals surface area contributed by atoms with Crippen LogP contribution in [0.1, 0.15) is 85.5 Å². The number of hydrogen-bond acceptors (Lipinski definition) is 13. The van der Waals surface area contributed by atoms with Gasteiger partial charge in [-0.05, 0) is 50.2 Å². The Morgan fingerprint density at radius 2 is 1.78 bits per heavy atom. The highest BCUT2D eigenvalue weighted by molar-refractivity contribution is 5.83. The average Bonchev–Trinajstić information content (AvgIpc) is 2.98. The summed E-state index contributed by atoms with van der Waals surface area (Å²) in [5.74, 6) is -4.18. The van der Waals surface area contributed by atoms with Crippen LogP contribution < -0.4 is 0 Å². The zero-order valence-electron chi connectivity index (χ0n) is 27.7. The Morgan fingerprint density at radius 1 is 1.09 bits per heavy atom. The highest BCUT2D eigenvalue weighted by Gasteiger charge is 2.56. The van der Waals surface area contributed by atoms with E-state index in [1.165, 1.54) is 14.0 Å². The molecule has 3 saturated heterocycles. The summed E-state index contributed by atoms with van der Waals surface area (Å²) in [5, 5.41) is 32.5. The smallest absolute Gasteiger partial charge is 0.330 e. The fourth-order valence-electron chi connectivity index (χ4n) is 6.14. The van der Waals surface area contributed by atoms with Crippen molar-refractivity contribution in [3.05, 3.63) is 24.3 Å². The number of carbonyl (C=O) groups is 3. The van der Waals surface area contributed by atoms with Gasteiger partial charge in [-0.2, -0.15) is 0 Å². The summed E-state index contributed by atoms with van der Waals surface area (Å²) in [6.45, 7) is 9.99. The normalized spacial score (nSPS) is 32.7. The quantitative estimate of drug-likeness (QED) is 0.114. The largest absolute Gasteiger partial charge is 0.466 e. The zero-order valence-corrected chi connectivity index (χ0v) is 27.7. The van der Waals surface area contributed by atoms with Gasteiger partial charge in [0.05, 0.1) is 57.3 Å². The van der Waals surface area contributed by atoms with E-state index in [0.29, 0.717) is 13.0 Å². The Kier molecular flexibility index (Phi) is 14.2. The summed E-state index contributed by atoms with van der Waals surface area (Å²) in [5.41, 5.74) is -0.744. The highest BCUT2D eigenvalue weighted by atomic mass is 16.7. The van der Waals surface area contributed by atoms with E-state index < -0.39 is 66.4 Å². The van der Waals surface area contributed by atoms with Gasteiger partial charge >= 0.3 is 17.9 Å². The monoisotopic (exact) mass is 656 g/mol. The fourth-order valence-corrected chi connectivity index (χ4v) is 6.14. The minimum atomic E-state index is -2.07. The average molecular weight is 657 g/mol. The first-order chi connectivity index (χ1) is 21.7. The van der Waals surface area contributed by atoms with Crippen LogP contribution in [0.3, 0.4) is 0 Å². The van der Waals surface area contributed by atoms with Gasteiger partial charge in [0.25, 0.3) is 0 Å². The number of ether oxygens (including phenoxy) is 7. The molecule has 13 heteroatoms. The highest BCUT2D eigenvalue weighted by Crippen LogP contribution is 2.45. The van der Waals surface area contributed by atoms with Crippen LogP contribution in [-0.4, -0.2) is 108 Å². The van der Waals surface area contributed by atoms with E-state index >= 15 is 0 Å². The minimum absolute atomic E-state index is 0.00272. The second kappa shape index (κ2) is 17.1. The third kappa shape index (κ3) is 10.8. The van der Waals surface area contributed by atoms with Crippen LogP contribution >= 0.6 is 0 Å². The lowest BCUT2D eigenvalue weighted by molar-refractivity contribution is -0.333. The SMILES string of the molecule is C=C[C@H]1OCC[C@@H](C[C@H]2CCC[C@@H](C[C@@H](O)CC(=O)O[C@@H](CO)CC3C/C(=C\C(=O)OC)[C@H](OC(C)=O)[C@](O)(C(C)(C)C)O3)O2)O1. The molecule has 3 heterocycles. The third-order valence-electron chi connectivity index (χ3n) is 8.53. The Balaban J connectivity index is 1.57. The molecule has 3 rings (SSSR count). The molecule has 0 radical (unpaired) electrons. The Morgan fingerprint density at radius 3 is 2.41 bits per heavy atom. The van der Waals surface area contributed by atoms with E-state index in [4.69, 9.17) is 33.2 Å². The van der Waals surface area contributed by atoms with Crippen molar-refractivity contribution in [1.82, 2.24) is 0 Å². The summed E-state index contributed by atoms with van der Waals surface area (Å²) in [6, 6.07) is 0. The minimum Gasteiger partial charge on any atom is -0.466 e. The van der Waals surface area contributed by atoms with Crippen LogP contribution in [0.4, 0.5) is 0 Å². The van der Waals surface area contributed by atoms with Gasteiger partial charge in [-0.3, -0.25) is 9.59 Å². The number of esters is 3. The lowest BCUT2D eigenvalue weighted by atomic mass is 9.76. The van der Waals surface area contributed by atoms with Crippen molar-refractivity contribution in [2.24, 2.45) is 5.41 Å². The van der Waals surface area contributed by atoms with Crippen molar-refractivity contribution in [2.75, 3.05) is 20.3 Å². The number of rotatable bonds is 13. The van der Waals surface area contributed by atoms with Gasteiger partial charge in [-0.1, -0.05) is 27.4 Å². The molecule has 0 spiro atoms. The van der Waals surface area contributed by atoms with E-state index in [1.807, 2.05) is 0 Å². The van der Waals surface area contributed by atoms with Gasteiger partial charge in [-0.15, -0.1) is 0 Å². The van der Waals surface area contributed by atoms with E-state index in [1.54, 1.807) is 26.8 Å². The van der Waals surface area contributed by atoms with Crippen LogP contribution in [0.25, 0.3) is 0 Å². The van der Waals surface area contributed by atoms with Crippen LogP contribution in [0.5, 0.6) is 0 Å². The molecule has 3 aliphatic heterocycles. The summed E-state index contributed by atoms with van der Waals surface area (Å²) in [7, 11) is 1.20. The first-order valence-electron chi connectivity index (χ1n) is 16.1. The van der Waals surface area contributed by atoms with Gasteiger partial charge in [0.1, 0.15) is 6.10 Å². The molecule has 46 heavy (non-hydrogen) atoms. The van der Waals surface area contributed by atoms with E-state index in [-0.39, 0.29) is 49.6 Å². The lowest BCUT2D eigenvalue weighted by Gasteiger charge is -2.50. The number of aliphatic hydroxyl groups is 3. The zero-order chi connectivity index (χ0) is 34.1. The van der Waals surface area contributed by atoms with Crippen molar-refractivity contribution in [2.45, 2.75) is 140 Å². The molecule has 3 fully saturated rings. The van der Waals surface area contributed by atoms with E-state index in [0.717, 1.165) is 31.8 Å². The number of hydrogen-bond donors (Lipinski definition) is 3. The molecule has 3 N–H and O–H groups in total. The molecule has 0 aliphatic carbocycles. The molecule has 262 valence electrons. The van der Waals surface area contributed by atoms with E-state index in [9.17, 15) is 29.7 Å². The molecule has 3 aliphatic rings. The maximum atomic E-state index is 12.8. The lowest BCUT2D eigenvalue weighted by Crippen LogP contribution is -2.61. The summed E-state index contributed by atoms with van der Waals surface area (Å²) in [6.07, 6.45) is 1.91. The molecule has 0 saturated carbocycles. The van der Waals surface area contributed by atoms with Gasteiger partial charge in [0.15, 0.2) is 12.4 Å². The number of aliphatic hydroxyl groups excluding tert-OH is 2. The van der Waals surface area contributed by atoms with Crippen LogP contribution in [0.15, 0.2) is 24.3 Å². The molecule has 13 nitrogen and oxygen atoms in total. The summed E-state index contributed by atoms with van der Waals surface area (Å²) < 4.78 is 39.3. The second-order valence-electron chi connectivity index (χ2n) is 13.3. The molecule has 0 bridgehead atoms. The number of methoxy groups -OCH3 is 1. The number of carbonyl (C=O) groups excluding carboxylic acids is 3. The molecule has 0 aromatic carbocycles. The first kappa shape index (κ1) is 38.1. The maximum absolute atomic E-state index is 12.8. The molecule has 1 unspecified atom stereocenters. The van der Waals surface area contributed by atoms with Gasteiger partial charge < -0.3 is 48.5 Å². The Hall–Kier alpha value is -2.39. The molecular weight excluding hydrogens is 604 g/mol. The molecule has 9 atom stereocenters. The van der Waals surface area contributed by atoms with Crippen molar-refractivity contribution in [1.29, 1.82) is 0 Å². The van der Waals surface area contributed by atoms with Crippen molar-refractivity contribution < 1.29 is 62.9 Å². The molecule has 0 aromatic rings. The van der Waals surface area contributed by atoms with Gasteiger partial charge in [0, 0.05) is 31.3 Å². The standard InChI is InChI=1S/C33H52O13/c1-7-30-41-12-11-25(45-30)17-24-10-8-9-23(43-24)15-22(36)16-29(38)44-27(19-34)18-26-13-21(14-28(37)40-6)31(42-20(2)35)33(39,46-26)32(3,4)5/h7,14,22-27,30-31,34,36,39H,1,8-13,15-19H2,2-6H3/b21-14+/t22-,23+,24-,25+,26?,27-,30+,31+,33-/m1/s1. The summed E-state index contributed by atoms with van der Waals surface area (Å²) >= 11 is 0. The van der Waals surface area contributed by atoms with Crippen LogP contribution in [-0.2, 0) is 47.5 Å². The Labute approximate surface area is 271 Å². The van der Waals surface area contributed by atoms with Gasteiger partial charge in [0.2, 0.25) is 5.79 Å². The Bertz CT molecular complexity index is 1070. The van der Waals surface area contributed by atoms with Crippen molar-refractivity contribution in [3.8, 4) is 0 Å². The summed E-state index contributed by atoms with van der Waals surface area (Å²) in [4.78, 5) is 36.9. The predicted octanol–water partition coefficient (Wildman–Crippen LogP) is 2.62. The van der Waals surface area contributed by atoms with Crippen LogP contribution in [0, 0.1) is 5.41 Å². The van der Waals surface area contributed by atoms with Crippen molar-refractivity contribution in [3.63, 3.8) is 0 Å². The molecular formula is C33H52O13. The van der Waals surface area contributed by atoms with Crippen LogP contribution in [0.2, 0.25) is 0 Å². The molecule has 0 aromatic heterocycles. The topological polar surface area (TPSA) is 177 Å². The first-order valence-corrected chi connectivity index (χ1v) is 16.1.